The van der Waals surface area contributed by atoms with E-state index in [-0.39, 0.29) is 18.9 Å². The van der Waals surface area contributed by atoms with Crippen LogP contribution in [0, 0.1) is 5.82 Å². The fraction of sp³-hybridized carbons (Fsp3) is 0.278. The van der Waals surface area contributed by atoms with Crippen LogP contribution in [-0.2, 0) is 21.2 Å². The van der Waals surface area contributed by atoms with Gasteiger partial charge in [0.15, 0.2) is 0 Å². The lowest BCUT2D eigenvalue weighted by Gasteiger charge is -2.22. The molecule has 0 bridgehead atoms. The van der Waals surface area contributed by atoms with Crippen molar-refractivity contribution in [1.29, 1.82) is 0 Å². The van der Waals surface area contributed by atoms with Crippen molar-refractivity contribution in [2.45, 2.75) is 6.42 Å². The molecular weight excluding hydrogens is 359 g/mol. The number of benzene rings is 2. The second kappa shape index (κ2) is 8.66. The van der Waals surface area contributed by atoms with Gasteiger partial charge in [0, 0.05) is 12.6 Å². The third kappa shape index (κ3) is 5.45. The van der Waals surface area contributed by atoms with E-state index in [1.807, 2.05) is 0 Å². The van der Waals surface area contributed by atoms with Gasteiger partial charge in [0.25, 0.3) is 0 Å². The number of ether oxygens (including phenoxy) is 1. The molecule has 1 N–H and O–H groups in total. The highest BCUT2D eigenvalue weighted by atomic mass is 32.2. The van der Waals surface area contributed by atoms with Gasteiger partial charge in [-0.05, 0) is 30.2 Å². The lowest BCUT2D eigenvalue weighted by molar-refractivity contribution is -0.119. The van der Waals surface area contributed by atoms with E-state index in [2.05, 4.69) is 5.32 Å². The van der Waals surface area contributed by atoms with Crippen LogP contribution < -0.4 is 14.4 Å². The van der Waals surface area contributed by atoms with Crippen LogP contribution in [0.15, 0.2) is 48.5 Å². The van der Waals surface area contributed by atoms with Crippen LogP contribution in [0.25, 0.3) is 0 Å². The molecule has 0 fully saturated rings. The Bertz CT molecular complexity index is 871. The maximum atomic E-state index is 13.6. The minimum Gasteiger partial charge on any atom is -0.497 e. The van der Waals surface area contributed by atoms with Crippen LogP contribution in [-0.4, -0.2) is 40.8 Å². The van der Waals surface area contributed by atoms with Crippen LogP contribution >= 0.6 is 0 Å². The van der Waals surface area contributed by atoms with Crippen LogP contribution in [0.3, 0.4) is 0 Å². The Morgan fingerprint density at radius 2 is 1.92 bits per heavy atom. The Morgan fingerprint density at radius 1 is 1.19 bits per heavy atom. The number of nitrogens with one attached hydrogen (secondary N) is 1. The molecule has 0 radical (unpaired) electrons. The number of hydrogen-bond acceptors (Lipinski definition) is 4. The molecule has 0 heterocycles. The number of hydrogen-bond donors (Lipinski definition) is 1. The Labute approximate surface area is 152 Å². The van der Waals surface area contributed by atoms with E-state index in [4.69, 9.17) is 4.74 Å². The molecule has 0 atom stereocenters. The number of rotatable bonds is 8. The number of halogens is 1. The summed E-state index contributed by atoms with van der Waals surface area (Å²) < 4.78 is 43.8. The third-order valence-corrected chi connectivity index (χ3v) is 4.84. The molecule has 2 aromatic carbocycles. The van der Waals surface area contributed by atoms with Crippen molar-refractivity contribution in [3.63, 3.8) is 0 Å². The first-order valence-electron chi connectivity index (χ1n) is 7.93. The Hall–Kier alpha value is -2.61. The monoisotopic (exact) mass is 380 g/mol. The van der Waals surface area contributed by atoms with Crippen molar-refractivity contribution in [2.75, 3.05) is 30.8 Å². The van der Waals surface area contributed by atoms with Gasteiger partial charge in [-0.3, -0.25) is 9.10 Å². The average molecular weight is 380 g/mol. The van der Waals surface area contributed by atoms with E-state index in [1.165, 1.54) is 19.2 Å². The minimum absolute atomic E-state index is 0.204. The molecule has 0 aliphatic carbocycles. The Balaban J connectivity index is 2.02. The number of carbonyl (C=O) groups excluding carboxylic acids is 1. The maximum absolute atomic E-state index is 13.6. The number of sulfonamides is 1. The zero-order valence-corrected chi connectivity index (χ0v) is 15.4. The van der Waals surface area contributed by atoms with Crippen molar-refractivity contribution in [3.05, 3.63) is 59.9 Å². The van der Waals surface area contributed by atoms with Gasteiger partial charge in [-0.1, -0.05) is 24.3 Å². The predicted octanol–water partition coefficient (Wildman–Crippen LogP) is 1.96. The molecule has 0 saturated carbocycles. The number of nitrogens with zero attached hydrogens (tertiary/aromatic N) is 1. The number of methoxy groups -OCH3 is 1. The largest absolute Gasteiger partial charge is 0.497 e. The summed E-state index contributed by atoms with van der Waals surface area (Å²) in [5.41, 5.74) is 0.816. The van der Waals surface area contributed by atoms with Gasteiger partial charge >= 0.3 is 0 Å². The third-order valence-electron chi connectivity index (χ3n) is 3.70. The fourth-order valence-electron chi connectivity index (χ4n) is 2.39. The first kappa shape index (κ1) is 19.7. The lowest BCUT2D eigenvalue weighted by atomic mass is 10.1. The number of amides is 1. The van der Waals surface area contributed by atoms with Crippen molar-refractivity contribution in [1.82, 2.24) is 5.32 Å². The number of carbonyl (C=O) groups is 1. The molecule has 1 amide bonds. The molecular formula is C18H21FN2O4S. The van der Waals surface area contributed by atoms with E-state index in [0.717, 1.165) is 10.6 Å². The van der Waals surface area contributed by atoms with Crippen LogP contribution in [0.4, 0.5) is 10.1 Å². The molecule has 0 aliphatic rings. The fourth-order valence-corrected chi connectivity index (χ4v) is 3.24. The van der Waals surface area contributed by atoms with E-state index >= 15 is 0 Å². The molecule has 2 rings (SSSR count). The van der Waals surface area contributed by atoms with Crippen molar-refractivity contribution >= 4 is 21.6 Å². The zero-order chi connectivity index (χ0) is 19.2. The molecule has 2 aromatic rings. The molecule has 0 spiro atoms. The van der Waals surface area contributed by atoms with Gasteiger partial charge in [-0.25, -0.2) is 12.8 Å². The summed E-state index contributed by atoms with van der Waals surface area (Å²) in [5.74, 6) is -0.332. The normalized spacial score (nSPS) is 11.0. The SMILES string of the molecule is COc1cccc(N(CC(=O)NCCc2ccccc2F)S(C)(=O)=O)c1. The van der Waals surface area contributed by atoms with Gasteiger partial charge < -0.3 is 10.1 Å². The van der Waals surface area contributed by atoms with Gasteiger partial charge in [0.05, 0.1) is 19.1 Å². The highest BCUT2D eigenvalue weighted by molar-refractivity contribution is 7.92. The molecule has 0 aromatic heterocycles. The van der Waals surface area contributed by atoms with Crippen molar-refractivity contribution < 1.29 is 22.3 Å². The summed E-state index contributed by atoms with van der Waals surface area (Å²) in [7, 11) is -2.19. The minimum atomic E-state index is -3.66. The second-order valence-corrected chi connectivity index (χ2v) is 7.57. The van der Waals surface area contributed by atoms with E-state index in [0.29, 0.717) is 23.4 Å². The van der Waals surface area contributed by atoms with Gasteiger partial charge in [-0.2, -0.15) is 0 Å². The summed E-state index contributed by atoms with van der Waals surface area (Å²) in [6.07, 6.45) is 1.34. The average Bonchev–Trinajstić information content (AvgIpc) is 2.60. The van der Waals surface area contributed by atoms with Gasteiger partial charge in [0.1, 0.15) is 18.1 Å². The molecule has 0 aliphatic heterocycles. The van der Waals surface area contributed by atoms with Crippen LogP contribution in [0.1, 0.15) is 5.56 Å². The molecule has 0 unspecified atom stereocenters. The summed E-state index contributed by atoms with van der Waals surface area (Å²) >= 11 is 0. The molecule has 6 nitrogen and oxygen atoms in total. The standard InChI is InChI=1S/C18H21FN2O4S/c1-25-16-8-5-7-15(12-16)21(26(2,23)24)13-18(22)20-11-10-14-6-3-4-9-17(14)19/h3-9,12H,10-11,13H2,1-2H3,(H,20,22). The molecule has 140 valence electrons. The van der Waals surface area contributed by atoms with Gasteiger partial charge in [-0.15, -0.1) is 0 Å². The maximum Gasteiger partial charge on any atom is 0.240 e. The molecule has 8 heteroatoms. The highest BCUT2D eigenvalue weighted by Crippen LogP contribution is 2.22. The first-order valence-corrected chi connectivity index (χ1v) is 9.78. The van der Waals surface area contributed by atoms with Crippen molar-refractivity contribution in [2.24, 2.45) is 0 Å². The summed E-state index contributed by atoms with van der Waals surface area (Å²) in [4.78, 5) is 12.2. The van der Waals surface area contributed by atoms with Crippen molar-refractivity contribution in [3.8, 4) is 5.75 Å². The molecule has 26 heavy (non-hydrogen) atoms. The summed E-state index contributed by atoms with van der Waals surface area (Å²) in [6.45, 7) is -0.168. The van der Waals surface area contributed by atoms with E-state index in [1.54, 1.807) is 36.4 Å². The second-order valence-electron chi connectivity index (χ2n) is 5.66. The zero-order valence-electron chi connectivity index (χ0n) is 14.6. The Kier molecular flexibility index (Phi) is 6.57. The van der Waals surface area contributed by atoms with E-state index < -0.39 is 15.9 Å². The lowest BCUT2D eigenvalue weighted by Crippen LogP contribution is -2.41. The topological polar surface area (TPSA) is 75.7 Å². The van der Waals surface area contributed by atoms with Crippen LogP contribution in [0.5, 0.6) is 5.75 Å². The van der Waals surface area contributed by atoms with E-state index in [9.17, 15) is 17.6 Å². The number of anilines is 1. The van der Waals surface area contributed by atoms with Gasteiger partial charge in [0.2, 0.25) is 15.9 Å². The highest BCUT2D eigenvalue weighted by Gasteiger charge is 2.21. The quantitative estimate of drug-likeness (QED) is 0.760. The Morgan fingerprint density at radius 3 is 2.58 bits per heavy atom. The molecule has 0 saturated heterocycles. The smallest absolute Gasteiger partial charge is 0.240 e. The van der Waals surface area contributed by atoms with Crippen LogP contribution in [0.2, 0.25) is 0 Å². The predicted molar refractivity (Wildman–Crippen MR) is 98.3 cm³/mol. The first-order chi connectivity index (χ1) is 12.3. The summed E-state index contributed by atoms with van der Waals surface area (Å²) in [6, 6.07) is 12.7. The summed E-state index contributed by atoms with van der Waals surface area (Å²) in [5, 5.41) is 2.62.